The summed E-state index contributed by atoms with van der Waals surface area (Å²) in [6, 6.07) is 7.87. The Morgan fingerprint density at radius 2 is 1.62 bits per heavy atom. The minimum absolute atomic E-state index is 0.230. The average Bonchev–Trinajstić information content (AvgIpc) is 3.16. The molecule has 0 saturated heterocycles. The third-order valence-corrected chi connectivity index (χ3v) is 3.04. The van der Waals surface area contributed by atoms with Crippen molar-refractivity contribution >= 4 is 5.69 Å². The number of aromatic nitrogens is 4. The number of anilines is 1. The lowest BCUT2D eigenvalue weighted by Gasteiger charge is -2.11. The van der Waals surface area contributed by atoms with Crippen molar-refractivity contribution in [2.24, 2.45) is 0 Å². The van der Waals surface area contributed by atoms with Crippen LogP contribution in [0, 0.1) is 0 Å². The smallest absolute Gasteiger partial charge is 0.316 e. The summed E-state index contributed by atoms with van der Waals surface area (Å²) in [5.41, 5.74) is 1.97. The zero-order valence-electron chi connectivity index (χ0n) is 12.1. The van der Waals surface area contributed by atoms with Crippen LogP contribution in [-0.2, 0) is 6.42 Å². The van der Waals surface area contributed by atoms with Gasteiger partial charge in [0.05, 0.1) is 0 Å². The minimum Gasteiger partial charge on any atom is -0.378 e. The van der Waals surface area contributed by atoms with Crippen LogP contribution in [0.15, 0.2) is 33.3 Å². The molecule has 0 bridgehead atoms. The minimum atomic E-state index is 0.230. The molecule has 0 atom stereocenters. The predicted molar refractivity (Wildman–Crippen MR) is 76.7 cm³/mol. The van der Waals surface area contributed by atoms with E-state index in [1.54, 1.807) is 0 Å². The van der Waals surface area contributed by atoms with E-state index in [4.69, 9.17) is 9.05 Å². The maximum absolute atomic E-state index is 5.17. The molecule has 7 nitrogen and oxygen atoms in total. The van der Waals surface area contributed by atoms with Crippen molar-refractivity contribution in [3.63, 3.8) is 0 Å². The van der Waals surface area contributed by atoms with Crippen LogP contribution in [0.25, 0.3) is 23.2 Å². The van der Waals surface area contributed by atoms with E-state index in [1.807, 2.05) is 50.2 Å². The Hall–Kier alpha value is -2.70. The molecule has 0 amide bonds. The first-order valence-electron chi connectivity index (χ1n) is 6.62. The van der Waals surface area contributed by atoms with E-state index in [2.05, 4.69) is 20.3 Å². The maximum atomic E-state index is 5.17. The molecular weight excluding hydrogens is 270 g/mol. The third-order valence-electron chi connectivity index (χ3n) is 3.04. The second-order valence-electron chi connectivity index (χ2n) is 4.73. The summed E-state index contributed by atoms with van der Waals surface area (Å²) in [6.45, 7) is 1.94. The molecule has 0 saturated carbocycles. The SMILES string of the molecule is CCc1noc(-c2nc(-c3ccc(N(C)C)cc3)no2)n1. The van der Waals surface area contributed by atoms with Gasteiger partial charge in [0.1, 0.15) is 0 Å². The number of hydrogen-bond donors (Lipinski definition) is 0. The number of nitrogens with zero attached hydrogens (tertiary/aromatic N) is 5. The molecule has 0 fully saturated rings. The van der Waals surface area contributed by atoms with Crippen molar-refractivity contribution in [1.29, 1.82) is 0 Å². The molecule has 0 aliphatic rings. The molecule has 2 aromatic heterocycles. The first-order valence-corrected chi connectivity index (χ1v) is 6.62. The quantitative estimate of drug-likeness (QED) is 0.728. The largest absolute Gasteiger partial charge is 0.378 e. The van der Waals surface area contributed by atoms with Crippen molar-refractivity contribution in [1.82, 2.24) is 20.3 Å². The van der Waals surface area contributed by atoms with Crippen molar-refractivity contribution in [2.45, 2.75) is 13.3 Å². The molecule has 21 heavy (non-hydrogen) atoms. The fourth-order valence-corrected chi connectivity index (χ4v) is 1.82. The van der Waals surface area contributed by atoms with Gasteiger partial charge in [-0.15, -0.1) is 0 Å². The van der Waals surface area contributed by atoms with Gasteiger partial charge in [-0.1, -0.05) is 17.2 Å². The molecule has 7 heteroatoms. The van der Waals surface area contributed by atoms with Gasteiger partial charge < -0.3 is 13.9 Å². The van der Waals surface area contributed by atoms with Gasteiger partial charge in [0.25, 0.3) is 0 Å². The zero-order valence-corrected chi connectivity index (χ0v) is 12.1. The molecule has 3 aromatic rings. The fourth-order valence-electron chi connectivity index (χ4n) is 1.82. The van der Waals surface area contributed by atoms with E-state index in [0.717, 1.165) is 11.3 Å². The van der Waals surface area contributed by atoms with E-state index in [9.17, 15) is 0 Å². The highest BCUT2D eigenvalue weighted by Gasteiger charge is 2.16. The molecule has 0 N–H and O–H groups in total. The summed E-state index contributed by atoms with van der Waals surface area (Å²) < 4.78 is 10.3. The van der Waals surface area contributed by atoms with Gasteiger partial charge in [-0.05, 0) is 24.3 Å². The second kappa shape index (κ2) is 5.35. The van der Waals surface area contributed by atoms with Gasteiger partial charge in [-0.2, -0.15) is 9.97 Å². The summed E-state index contributed by atoms with van der Waals surface area (Å²) in [5, 5.41) is 7.75. The average molecular weight is 285 g/mol. The van der Waals surface area contributed by atoms with Crippen LogP contribution in [0.5, 0.6) is 0 Å². The van der Waals surface area contributed by atoms with Crippen LogP contribution in [-0.4, -0.2) is 34.4 Å². The lowest BCUT2D eigenvalue weighted by molar-refractivity contribution is 0.380. The van der Waals surface area contributed by atoms with Crippen LogP contribution in [0.3, 0.4) is 0 Å². The van der Waals surface area contributed by atoms with E-state index in [0.29, 0.717) is 18.1 Å². The van der Waals surface area contributed by atoms with Crippen LogP contribution < -0.4 is 4.90 Å². The van der Waals surface area contributed by atoms with E-state index < -0.39 is 0 Å². The molecule has 1 aromatic carbocycles. The second-order valence-corrected chi connectivity index (χ2v) is 4.73. The molecule has 0 unspecified atom stereocenters. The number of benzene rings is 1. The van der Waals surface area contributed by atoms with Gasteiger partial charge in [0.2, 0.25) is 5.82 Å². The molecule has 0 aliphatic heterocycles. The maximum Gasteiger partial charge on any atom is 0.316 e. The van der Waals surface area contributed by atoms with E-state index >= 15 is 0 Å². The predicted octanol–water partition coefficient (Wildman–Crippen LogP) is 2.42. The first-order chi connectivity index (χ1) is 10.2. The van der Waals surface area contributed by atoms with Crippen molar-refractivity contribution in [2.75, 3.05) is 19.0 Å². The highest BCUT2D eigenvalue weighted by Crippen LogP contribution is 2.23. The standard InChI is InChI=1S/C14H15N5O2/c1-4-11-15-13(20-17-11)14-16-12(18-21-14)9-5-7-10(8-6-9)19(2)3/h5-8H,4H2,1-3H3. The molecular formula is C14H15N5O2. The van der Waals surface area contributed by atoms with Crippen LogP contribution in [0.2, 0.25) is 0 Å². The Morgan fingerprint density at radius 1 is 0.952 bits per heavy atom. The van der Waals surface area contributed by atoms with Gasteiger partial charge in [-0.25, -0.2) is 0 Å². The Bertz CT molecular complexity index is 730. The first kappa shape index (κ1) is 13.3. The molecule has 2 heterocycles. The molecule has 0 spiro atoms. The highest BCUT2D eigenvalue weighted by atomic mass is 16.5. The molecule has 0 aliphatic carbocycles. The van der Waals surface area contributed by atoms with Crippen LogP contribution in [0.4, 0.5) is 5.69 Å². The number of aryl methyl sites for hydroxylation is 1. The summed E-state index contributed by atoms with van der Waals surface area (Å²) >= 11 is 0. The van der Waals surface area contributed by atoms with Gasteiger partial charge >= 0.3 is 11.8 Å². The molecule has 3 rings (SSSR count). The van der Waals surface area contributed by atoms with Crippen LogP contribution >= 0.6 is 0 Å². The van der Waals surface area contributed by atoms with Gasteiger partial charge in [0.15, 0.2) is 5.82 Å². The Labute approximate surface area is 121 Å². The summed E-state index contributed by atoms with van der Waals surface area (Å²) in [5.74, 6) is 1.58. The Balaban J connectivity index is 1.87. The molecule has 0 radical (unpaired) electrons. The van der Waals surface area contributed by atoms with E-state index in [1.165, 1.54) is 0 Å². The van der Waals surface area contributed by atoms with Crippen LogP contribution in [0.1, 0.15) is 12.7 Å². The monoisotopic (exact) mass is 285 g/mol. The van der Waals surface area contributed by atoms with Crippen molar-refractivity contribution in [3.8, 4) is 23.2 Å². The summed E-state index contributed by atoms with van der Waals surface area (Å²) in [6.07, 6.45) is 0.691. The number of hydrogen-bond acceptors (Lipinski definition) is 7. The topological polar surface area (TPSA) is 81.1 Å². The van der Waals surface area contributed by atoms with Crippen molar-refractivity contribution < 1.29 is 9.05 Å². The lowest BCUT2D eigenvalue weighted by atomic mass is 10.2. The van der Waals surface area contributed by atoms with Crippen molar-refractivity contribution in [3.05, 3.63) is 30.1 Å². The highest BCUT2D eigenvalue weighted by molar-refractivity contribution is 5.60. The fraction of sp³-hybridized carbons (Fsp3) is 0.286. The van der Waals surface area contributed by atoms with Gasteiger partial charge in [0, 0.05) is 31.8 Å². The lowest BCUT2D eigenvalue weighted by Crippen LogP contribution is -2.07. The molecule has 108 valence electrons. The summed E-state index contributed by atoms with van der Waals surface area (Å²) in [7, 11) is 3.98. The van der Waals surface area contributed by atoms with E-state index in [-0.39, 0.29) is 11.8 Å². The number of rotatable bonds is 4. The zero-order chi connectivity index (χ0) is 14.8. The third kappa shape index (κ3) is 2.62. The summed E-state index contributed by atoms with van der Waals surface area (Å²) in [4.78, 5) is 10.5. The normalized spacial score (nSPS) is 10.8. The Morgan fingerprint density at radius 3 is 2.24 bits per heavy atom. The van der Waals surface area contributed by atoms with Gasteiger partial charge in [-0.3, -0.25) is 0 Å². The Kier molecular flexibility index (Phi) is 3.39.